The molecule has 3 nitrogen and oxygen atoms in total. The molecule has 0 spiro atoms. The summed E-state index contributed by atoms with van der Waals surface area (Å²) in [6.07, 6.45) is 19.4. The lowest BCUT2D eigenvalue weighted by molar-refractivity contribution is 0.304. The zero-order valence-corrected chi connectivity index (χ0v) is 17.6. The van der Waals surface area contributed by atoms with Gasteiger partial charge in [0.2, 0.25) is 0 Å². The molecule has 0 bridgehead atoms. The summed E-state index contributed by atoms with van der Waals surface area (Å²) in [5, 5.41) is 0. The van der Waals surface area contributed by atoms with E-state index in [2.05, 4.69) is 12.3 Å². The Kier molecular flexibility index (Phi) is 18.2. The van der Waals surface area contributed by atoms with Crippen LogP contribution in [0.2, 0.25) is 0 Å². The van der Waals surface area contributed by atoms with E-state index in [0.717, 1.165) is 24.5 Å². The number of ether oxygens (including phenoxy) is 1. The van der Waals surface area contributed by atoms with Gasteiger partial charge in [-0.05, 0) is 18.6 Å². The van der Waals surface area contributed by atoms with Crippen LogP contribution in [-0.4, -0.2) is 6.61 Å². The van der Waals surface area contributed by atoms with Crippen LogP contribution in [0.25, 0.3) is 0 Å². The van der Waals surface area contributed by atoms with Crippen molar-refractivity contribution < 1.29 is 4.74 Å². The molecule has 26 heavy (non-hydrogen) atoms. The molecule has 0 aliphatic rings. The topological polar surface area (TPSA) is 47.3 Å². The van der Waals surface area contributed by atoms with Gasteiger partial charge in [0.05, 0.1) is 12.3 Å². The maximum absolute atomic E-state index is 5.76. The van der Waals surface area contributed by atoms with E-state index in [0.29, 0.717) is 0 Å². The van der Waals surface area contributed by atoms with Crippen molar-refractivity contribution >= 4 is 18.1 Å². The maximum Gasteiger partial charge on any atom is 0.121 e. The second-order valence-corrected chi connectivity index (χ2v) is 7.12. The molecule has 4 heteroatoms. The lowest BCUT2D eigenvalue weighted by Gasteiger charge is -2.08. The number of benzene rings is 1. The van der Waals surface area contributed by atoms with Crippen LogP contribution in [0.4, 0.5) is 5.69 Å². The van der Waals surface area contributed by atoms with E-state index in [9.17, 15) is 0 Å². The fourth-order valence-electron chi connectivity index (χ4n) is 3.16. The van der Waals surface area contributed by atoms with Crippen molar-refractivity contribution in [2.24, 2.45) is 5.84 Å². The number of anilines is 1. The minimum atomic E-state index is 0. The molecule has 0 saturated heterocycles. The van der Waals surface area contributed by atoms with Crippen LogP contribution in [0.3, 0.4) is 0 Å². The highest BCUT2D eigenvalue weighted by atomic mass is 35.5. The molecule has 152 valence electrons. The van der Waals surface area contributed by atoms with Crippen molar-refractivity contribution in [3.63, 3.8) is 0 Å². The molecule has 0 aliphatic heterocycles. The molecule has 0 unspecified atom stereocenters. The van der Waals surface area contributed by atoms with Gasteiger partial charge >= 0.3 is 0 Å². The molecule has 0 aromatic heterocycles. The highest BCUT2D eigenvalue weighted by molar-refractivity contribution is 5.85. The Morgan fingerprint density at radius 2 is 1.27 bits per heavy atom. The van der Waals surface area contributed by atoms with Crippen molar-refractivity contribution in [3.8, 4) is 5.75 Å². The first-order valence-electron chi connectivity index (χ1n) is 10.6. The smallest absolute Gasteiger partial charge is 0.121 e. The predicted octanol–water partition coefficient (Wildman–Crippen LogP) is 7.25. The van der Waals surface area contributed by atoms with Gasteiger partial charge in [-0.1, -0.05) is 96.5 Å². The summed E-state index contributed by atoms with van der Waals surface area (Å²) in [4.78, 5) is 0. The lowest BCUT2D eigenvalue weighted by Crippen LogP contribution is -2.06. The van der Waals surface area contributed by atoms with Gasteiger partial charge in [0.15, 0.2) is 0 Å². The molecule has 0 amide bonds. The summed E-state index contributed by atoms with van der Waals surface area (Å²) in [5.41, 5.74) is 3.53. The molecule has 0 saturated carbocycles. The van der Waals surface area contributed by atoms with Gasteiger partial charge in [-0.2, -0.15) is 0 Å². The fourth-order valence-corrected chi connectivity index (χ4v) is 3.16. The first-order valence-corrected chi connectivity index (χ1v) is 10.6. The number of hydrazine groups is 1. The van der Waals surface area contributed by atoms with Crippen LogP contribution < -0.4 is 16.0 Å². The summed E-state index contributed by atoms with van der Waals surface area (Å²) < 4.78 is 5.76. The number of unbranched alkanes of at least 4 members (excludes halogenated alkanes) is 13. The molecule has 0 radical (unpaired) electrons. The standard InChI is InChI=1S/C22H40N2O.ClH/c1-2-3-4-5-6-7-8-9-10-11-12-13-14-15-19-25-22-18-16-17-21(20-22)24-23;/h16-18,20,24H,2-15,19,23H2,1H3;1H. The van der Waals surface area contributed by atoms with Crippen molar-refractivity contribution in [2.75, 3.05) is 12.0 Å². The van der Waals surface area contributed by atoms with Crippen molar-refractivity contribution in [1.82, 2.24) is 0 Å². The van der Waals surface area contributed by atoms with E-state index in [4.69, 9.17) is 10.6 Å². The monoisotopic (exact) mass is 384 g/mol. The van der Waals surface area contributed by atoms with E-state index in [1.807, 2.05) is 24.3 Å². The minimum Gasteiger partial charge on any atom is -0.494 e. The van der Waals surface area contributed by atoms with Crippen LogP contribution in [0.15, 0.2) is 24.3 Å². The molecule has 0 atom stereocenters. The maximum atomic E-state index is 5.76. The summed E-state index contributed by atoms with van der Waals surface area (Å²) in [6.45, 7) is 3.08. The van der Waals surface area contributed by atoms with Crippen LogP contribution in [0, 0.1) is 0 Å². The average molecular weight is 385 g/mol. The largest absolute Gasteiger partial charge is 0.494 e. The third kappa shape index (κ3) is 14.3. The third-order valence-corrected chi connectivity index (χ3v) is 4.77. The Balaban J connectivity index is 0.00000625. The zero-order chi connectivity index (χ0) is 18.0. The van der Waals surface area contributed by atoms with Crippen LogP contribution >= 0.6 is 12.4 Å². The Labute approximate surface area is 167 Å². The second-order valence-electron chi connectivity index (χ2n) is 7.12. The average Bonchev–Trinajstić information content (AvgIpc) is 2.65. The fraction of sp³-hybridized carbons (Fsp3) is 0.727. The molecule has 0 fully saturated rings. The lowest BCUT2D eigenvalue weighted by atomic mass is 10.0. The van der Waals surface area contributed by atoms with Gasteiger partial charge in [0.25, 0.3) is 0 Å². The van der Waals surface area contributed by atoms with E-state index in [1.54, 1.807) is 0 Å². The Hall–Kier alpha value is -0.930. The highest BCUT2D eigenvalue weighted by Gasteiger charge is 1.97. The van der Waals surface area contributed by atoms with Gasteiger partial charge in [0, 0.05) is 6.07 Å². The molecule has 1 rings (SSSR count). The van der Waals surface area contributed by atoms with Crippen molar-refractivity contribution in [3.05, 3.63) is 24.3 Å². The summed E-state index contributed by atoms with van der Waals surface area (Å²) in [7, 11) is 0. The van der Waals surface area contributed by atoms with Gasteiger partial charge in [0.1, 0.15) is 5.75 Å². The highest BCUT2D eigenvalue weighted by Crippen LogP contribution is 2.17. The number of nitrogen functional groups attached to an aromatic ring is 1. The molecular weight excluding hydrogens is 344 g/mol. The molecule has 3 N–H and O–H groups in total. The number of halogens is 1. The quantitative estimate of drug-likeness (QED) is 0.169. The number of hydrogen-bond acceptors (Lipinski definition) is 3. The molecule has 1 aromatic carbocycles. The van der Waals surface area contributed by atoms with Gasteiger partial charge < -0.3 is 10.2 Å². The molecule has 0 aliphatic carbocycles. The number of rotatable bonds is 17. The molecular formula is C22H41ClN2O. The van der Waals surface area contributed by atoms with Crippen molar-refractivity contribution in [2.45, 2.75) is 96.8 Å². The summed E-state index contributed by atoms with van der Waals surface area (Å²) in [5.74, 6) is 6.29. The Bertz CT molecular complexity index is 415. The van der Waals surface area contributed by atoms with Crippen LogP contribution in [0.1, 0.15) is 96.8 Å². The van der Waals surface area contributed by atoms with Gasteiger partial charge in [-0.25, -0.2) is 0 Å². The van der Waals surface area contributed by atoms with Gasteiger partial charge in [-0.3, -0.25) is 5.84 Å². The first kappa shape index (κ1) is 25.1. The Morgan fingerprint density at radius 1 is 0.769 bits per heavy atom. The van der Waals surface area contributed by atoms with Crippen LogP contribution in [-0.2, 0) is 0 Å². The van der Waals surface area contributed by atoms with Crippen molar-refractivity contribution in [1.29, 1.82) is 0 Å². The second kappa shape index (κ2) is 18.8. The molecule has 1 aromatic rings. The van der Waals surface area contributed by atoms with E-state index >= 15 is 0 Å². The third-order valence-electron chi connectivity index (χ3n) is 4.77. The normalized spacial score (nSPS) is 10.4. The predicted molar refractivity (Wildman–Crippen MR) is 117 cm³/mol. The number of nitrogens with one attached hydrogen (secondary N) is 1. The minimum absolute atomic E-state index is 0. The first-order chi connectivity index (χ1) is 12.4. The Morgan fingerprint density at radius 3 is 1.77 bits per heavy atom. The zero-order valence-electron chi connectivity index (χ0n) is 16.8. The number of nitrogens with two attached hydrogens (primary N) is 1. The number of hydrogen-bond donors (Lipinski definition) is 2. The van der Waals surface area contributed by atoms with Crippen LogP contribution in [0.5, 0.6) is 5.75 Å². The van der Waals surface area contributed by atoms with E-state index in [-0.39, 0.29) is 12.4 Å². The van der Waals surface area contributed by atoms with E-state index in [1.165, 1.54) is 83.5 Å². The summed E-state index contributed by atoms with van der Waals surface area (Å²) >= 11 is 0. The van der Waals surface area contributed by atoms with E-state index < -0.39 is 0 Å². The summed E-state index contributed by atoms with van der Waals surface area (Å²) in [6, 6.07) is 7.80. The SMILES string of the molecule is CCCCCCCCCCCCCCCCOc1cccc(NN)c1.Cl. The molecule has 0 heterocycles. The van der Waals surface area contributed by atoms with Gasteiger partial charge in [-0.15, -0.1) is 12.4 Å².